The molecular formula is C20H15N3O2. The van der Waals surface area contributed by atoms with Gasteiger partial charge in [0, 0.05) is 17.1 Å². The second kappa shape index (κ2) is 7.73. The van der Waals surface area contributed by atoms with Gasteiger partial charge in [-0.05, 0) is 48.5 Å². The Morgan fingerprint density at radius 1 is 0.760 bits per heavy atom. The van der Waals surface area contributed by atoms with Crippen LogP contribution in [-0.2, 0) is 4.79 Å². The number of anilines is 3. The van der Waals surface area contributed by atoms with Crippen molar-refractivity contribution < 1.29 is 9.59 Å². The van der Waals surface area contributed by atoms with Crippen LogP contribution in [0, 0.1) is 0 Å². The van der Waals surface area contributed by atoms with Crippen molar-refractivity contribution >= 4 is 34.7 Å². The Hall–Kier alpha value is -3.69. The molecule has 0 saturated carbocycles. The minimum Gasteiger partial charge on any atom is -0.356 e. The predicted molar refractivity (Wildman–Crippen MR) is 98.3 cm³/mol. The van der Waals surface area contributed by atoms with Crippen LogP contribution >= 0.6 is 0 Å². The highest BCUT2D eigenvalue weighted by Crippen LogP contribution is 2.22. The van der Waals surface area contributed by atoms with Crippen LogP contribution in [0.4, 0.5) is 22.7 Å². The summed E-state index contributed by atoms with van der Waals surface area (Å²) < 4.78 is 0. The predicted octanol–water partition coefficient (Wildman–Crippen LogP) is 4.65. The van der Waals surface area contributed by atoms with E-state index in [1.807, 2.05) is 42.5 Å². The summed E-state index contributed by atoms with van der Waals surface area (Å²) in [7, 11) is 0. The third-order valence-corrected chi connectivity index (χ3v) is 3.52. The monoisotopic (exact) mass is 329 g/mol. The van der Waals surface area contributed by atoms with E-state index < -0.39 is 0 Å². The summed E-state index contributed by atoms with van der Waals surface area (Å²) in [5, 5.41) is 6.06. The van der Waals surface area contributed by atoms with E-state index in [2.05, 4.69) is 15.6 Å². The van der Waals surface area contributed by atoms with E-state index in [0.29, 0.717) is 11.3 Å². The lowest BCUT2D eigenvalue weighted by Gasteiger charge is -2.09. The first-order chi connectivity index (χ1) is 12.3. The van der Waals surface area contributed by atoms with E-state index >= 15 is 0 Å². The number of aliphatic imine (C=N–C) groups is 1. The maximum absolute atomic E-state index is 12.4. The van der Waals surface area contributed by atoms with Crippen LogP contribution in [0.3, 0.4) is 0 Å². The topological polar surface area (TPSA) is 70.6 Å². The SMILES string of the molecule is O=C=Nc1ccccc1C(=O)Nc1ccc(Nc2ccccc2)cc1. The standard InChI is InChI=1S/C20H15N3O2/c24-14-21-19-9-5-4-8-18(19)20(25)23-17-12-10-16(11-13-17)22-15-6-2-1-3-7-15/h1-13,22H,(H,23,25). The molecular weight excluding hydrogens is 314 g/mol. The number of hydrogen-bond donors (Lipinski definition) is 2. The Labute approximate surface area is 145 Å². The largest absolute Gasteiger partial charge is 0.356 e. The lowest BCUT2D eigenvalue weighted by molar-refractivity contribution is 0.102. The Morgan fingerprint density at radius 2 is 1.36 bits per heavy atom. The average molecular weight is 329 g/mol. The maximum atomic E-state index is 12.4. The van der Waals surface area contributed by atoms with Crippen LogP contribution in [0.25, 0.3) is 0 Å². The molecule has 0 aliphatic heterocycles. The third kappa shape index (κ3) is 4.19. The first-order valence-corrected chi connectivity index (χ1v) is 7.66. The molecule has 0 aliphatic rings. The van der Waals surface area contributed by atoms with Crippen LogP contribution in [0.15, 0.2) is 83.9 Å². The fourth-order valence-corrected chi connectivity index (χ4v) is 2.34. The molecule has 2 N–H and O–H groups in total. The lowest BCUT2D eigenvalue weighted by atomic mass is 10.1. The maximum Gasteiger partial charge on any atom is 0.257 e. The van der Waals surface area contributed by atoms with Gasteiger partial charge in [-0.1, -0.05) is 30.3 Å². The molecule has 25 heavy (non-hydrogen) atoms. The first-order valence-electron chi connectivity index (χ1n) is 7.66. The molecule has 3 aromatic rings. The van der Waals surface area contributed by atoms with Crippen molar-refractivity contribution in [3.8, 4) is 0 Å². The quantitative estimate of drug-likeness (QED) is 0.529. The zero-order valence-corrected chi connectivity index (χ0v) is 13.3. The second-order valence-corrected chi connectivity index (χ2v) is 5.24. The summed E-state index contributed by atoms with van der Waals surface area (Å²) in [5.74, 6) is -0.335. The van der Waals surface area contributed by atoms with Crippen LogP contribution in [0.1, 0.15) is 10.4 Å². The molecule has 3 aromatic carbocycles. The molecule has 0 aromatic heterocycles. The van der Waals surface area contributed by atoms with Gasteiger partial charge in [0.25, 0.3) is 5.91 Å². The van der Waals surface area contributed by atoms with Gasteiger partial charge in [-0.2, -0.15) is 4.99 Å². The van der Waals surface area contributed by atoms with Crippen molar-refractivity contribution in [2.75, 3.05) is 10.6 Å². The van der Waals surface area contributed by atoms with Gasteiger partial charge >= 0.3 is 0 Å². The normalized spacial score (nSPS) is 9.76. The Bertz CT molecular complexity index is 915. The summed E-state index contributed by atoms with van der Waals surface area (Å²) in [4.78, 5) is 26.4. The van der Waals surface area contributed by atoms with E-state index in [1.54, 1.807) is 36.4 Å². The molecule has 5 heteroatoms. The van der Waals surface area contributed by atoms with Crippen LogP contribution in [0.2, 0.25) is 0 Å². The van der Waals surface area contributed by atoms with Crippen molar-refractivity contribution in [2.45, 2.75) is 0 Å². The zero-order chi connectivity index (χ0) is 17.5. The number of para-hydroxylation sites is 2. The molecule has 0 spiro atoms. The molecule has 0 fully saturated rings. The van der Waals surface area contributed by atoms with Crippen molar-refractivity contribution in [1.82, 2.24) is 0 Å². The number of rotatable bonds is 5. The Morgan fingerprint density at radius 3 is 2.08 bits per heavy atom. The van der Waals surface area contributed by atoms with E-state index in [-0.39, 0.29) is 11.6 Å². The van der Waals surface area contributed by atoms with E-state index in [9.17, 15) is 9.59 Å². The van der Waals surface area contributed by atoms with E-state index in [4.69, 9.17) is 0 Å². The molecule has 0 atom stereocenters. The summed E-state index contributed by atoms with van der Waals surface area (Å²) in [6, 6.07) is 23.8. The Balaban J connectivity index is 1.71. The number of benzene rings is 3. The number of carbonyl (C=O) groups is 1. The minimum absolute atomic E-state index is 0.289. The highest BCUT2D eigenvalue weighted by Gasteiger charge is 2.10. The second-order valence-electron chi connectivity index (χ2n) is 5.24. The van der Waals surface area contributed by atoms with Crippen LogP contribution < -0.4 is 10.6 Å². The van der Waals surface area contributed by atoms with Gasteiger partial charge in [-0.25, -0.2) is 4.79 Å². The van der Waals surface area contributed by atoms with Crippen molar-refractivity contribution in [1.29, 1.82) is 0 Å². The number of hydrogen-bond acceptors (Lipinski definition) is 4. The number of nitrogens with one attached hydrogen (secondary N) is 2. The summed E-state index contributed by atoms with van der Waals surface area (Å²) in [6.07, 6.45) is 1.46. The summed E-state index contributed by atoms with van der Waals surface area (Å²) in [6.45, 7) is 0. The van der Waals surface area contributed by atoms with Gasteiger partial charge in [0.05, 0.1) is 11.3 Å². The fourth-order valence-electron chi connectivity index (χ4n) is 2.34. The van der Waals surface area contributed by atoms with Crippen LogP contribution in [-0.4, -0.2) is 12.0 Å². The van der Waals surface area contributed by atoms with Gasteiger partial charge in [-0.3, -0.25) is 4.79 Å². The summed E-state index contributed by atoms with van der Waals surface area (Å²) >= 11 is 0. The molecule has 1 amide bonds. The van der Waals surface area contributed by atoms with Gasteiger partial charge < -0.3 is 10.6 Å². The molecule has 0 heterocycles. The number of carbonyl (C=O) groups excluding carboxylic acids is 2. The van der Waals surface area contributed by atoms with Gasteiger partial charge in [0.2, 0.25) is 6.08 Å². The number of isocyanates is 1. The lowest BCUT2D eigenvalue weighted by Crippen LogP contribution is -2.12. The van der Waals surface area contributed by atoms with Crippen molar-refractivity contribution in [2.24, 2.45) is 4.99 Å². The fraction of sp³-hybridized carbons (Fsp3) is 0. The van der Waals surface area contributed by atoms with Crippen LogP contribution in [0.5, 0.6) is 0 Å². The zero-order valence-electron chi connectivity index (χ0n) is 13.3. The Kier molecular flexibility index (Phi) is 5.00. The molecule has 3 rings (SSSR count). The van der Waals surface area contributed by atoms with Gasteiger partial charge in [-0.15, -0.1) is 0 Å². The third-order valence-electron chi connectivity index (χ3n) is 3.52. The smallest absolute Gasteiger partial charge is 0.257 e. The minimum atomic E-state index is -0.335. The molecule has 5 nitrogen and oxygen atoms in total. The number of nitrogens with zero attached hydrogens (tertiary/aromatic N) is 1. The van der Waals surface area contributed by atoms with E-state index in [1.165, 1.54) is 6.08 Å². The molecule has 0 bridgehead atoms. The van der Waals surface area contributed by atoms with Gasteiger partial charge in [0.15, 0.2) is 0 Å². The molecule has 0 radical (unpaired) electrons. The highest BCUT2D eigenvalue weighted by atomic mass is 16.1. The molecule has 0 saturated heterocycles. The van der Waals surface area contributed by atoms with Crippen molar-refractivity contribution in [3.05, 3.63) is 84.4 Å². The molecule has 122 valence electrons. The molecule has 0 unspecified atom stereocenters. The van der Waals surface area contributed by atoms with E-state index in [0.717, 1.165) is 11.4 Å². The van der Waals surface area contributed by atoms with Gasteiger partial charge in [0.1, 0.15) is 0 Å². The number of amides is 1. The van der Waals surface area contributed by atoms with Crippen molar-refractivity contribution in [3.63, 3.8) is 0 Å². The summed E-state index contributed by atoms with van der Waals surface area (Å²) in [5.41, 5.74) is 3.15. The first kappa shape index (κ1) is 16.2. The average Bonchev–Trinajstić information content (AvgIpc) is 2.65. The highest BCUT2D eigenvalue weighted by molar-refractivity contribution is 6.07. The molecule has 0 aliphatic carbocycles.